The van der Waals surface area contributed by atoms with E-state index < -0.39 is 11.9 Å². The Balaban J connectivity index is 1.41. The molecule has 1 aliphatic rings. The van der Waals surface area contributed by atoms with Gasteiger partial charge in [0.15, 0.2) is 16.7 Å². The molecule has 3 rings (SSSR count). The molecule has 1 atom stereocenters. The number of rotatable bonds is 6. The third-order valence-electron chi connectivity index (χ3n) is 3.80. The number of hydrogen-bond acceptors (Lipinski definition) is 6. The van der Waals surface area contributed by atoms with Gasteiger partial charge < -0.3 is 14.7 Å². The maximum absolute atomic E-state index is 13.4. The highest BCUT2D eigenvalue weighted by atomic mass is 32.1. The van der Waals surface area contributed by atoms with E-state index >= 15 is 0 Å². The average Bonchev–Trinajstić information content (AvgIpc) is 3.09. The van der Waals surface area contributed by atoms with Crippen molar-refractivity contribution in [2.75, 3.05) is 44.2 Å². The van der Waals surface area contributed by atoms with Crippen LogP contribution in [-0.4, -0.2) is 60.4 Å². The van der Waals surface area contributed by atoms with Crippen LogP contribution in [0.15, 0.2) is 35.8 Å². The molecule has 23 heavy (non-hydrogen) atoms. The SMILES string of the molecule is O[C@@H](COc1ccccc1F)CN1CCN(c2nccs2)CC1. The van der Waals surface area contributed by atoms with Crippen molar-refractivity contribution in [3.05, 3.63) is 41.7 Å². The Morgan fingerprint density at radius 1 is 1.26 bits per heavy atom. The quantitative estimate of drug-likeness (QED) is 0.872. The number of para-hydroxylation sites is 1. The third-order valence-corrected chi connectivity index (χ3v) is 4.63. The van der Waals surface area contributed by atoms with Crippen LogP contribution in [0.1, 0.15) is 0 Å². The van der Waals surface area contributed by atoms with Crippen LogP contribution >= 0.6 is 11.3 Å². The molecule has 7 heteroatoms. The lowest BCUT2D eigenvalue weighted by molar-refractivity contribution is 0.0649. The summed E-state index contributed by atoms with van der Waals surface area (Å²) in [5, 5.41) is 13.1. The smallest absolute Gasteiger partial charge is 0.185 e. The van der Waals surface area contributed by atoms with Gasteiger partial charge in [-0.3, -0.25) is 4.90 Å². The summed E-state index contributed by atoms with van der Waals surface area (Å²) < 4.78 is 18.8. The van der Waals surface area contributed by atoms with Crippen LogP contribution in [0.5, 0.6) is 5.75 Å². The van der Waals surface area contributed by atoms with Gasteiger partial charge in [0.05, 0.1) is 0 Å². The summed E-state index contributed by atoms with van der Waals surface area (Å²) in [5.74, 6) is -0.225. The molecule has 0 amide bonds. The van der Waals surface area contributed by atoms with E-state index in [0.717, 1.165) is 31.3 Å². The van der Waals surface area contributed by atoms with E-state index in [1.165, 1.54) is 6.07 Å². The van der Waals surface area contributed by atoms with Crippen LogP contribution in [-0.2, 0) is 0 Å². The van der Waals surface area contributed by atoms with E-state index in [-0.39, 0.29) is 12.4 Å². The summed E-state index contributed by atoms with van der Waals surface area (Å²) in [7, 11) is 0. The first kappa shape index (κ1) is 16.2. The molecule has 5 nitrogen and oxygen atoms in total. The van der Waals surface area contributed by atoms with E-state index in [1.54, 1.807) is 29.5 Å². The summed E-state index contributed by atoms with van der Waals surface area (Å²) in [6, 6.07) is 6.23. The molecule has 1 aromatic heterocycles. The van der Waals surface area contributed by atoms with Gasteiger partial charge in [0.2, 0.25) is 0 Å². The Kier molecular flexibility index (Phi) is 5.43. The molecule has 0 radical (unpaired) electrons. The number of aliphatic hydroxyl groups excluding tert-OH is 1. The Morgan fingerprint density at radius 3 is 2.74 bits per heavy atom. The second-order valence-electron chi connectivity index (χ2n) is 5.50. The van der Waals surface area contributed by atoms with Gasteiger partial charge in [-0.05, 0) is 12.1 Å². The van der Waals surface area contributed by atoms with Gasteiger partial charge in [-0.1, -0.05) is 12.1 Å². The molecule has 1 fully saturated rings. The lowest BCUT2D eigenvalue weighted by Crippen LogP contribution is -2.49. The predicted molar refractivity (Wildman–Crippen MR) is 88.7 cm³/mol. The number of hydrogen-bond donors (Lipinski definition) is 1. The van der Waals surface area contributed by atoms with E-state index in [1.807, 2.05) is 11.6 Å². The highest BCUT2D eigenvalue weighted by Gasteiger charge is 2.21. The Hall–Kier alpha value is -1.70. The second-order valence-corrected chi connectivity index (χ2v) is 6.37. The molecule has 0 aliphatic carbocycles. The summed E-state index contributed by atoms with van der Waals surface area (Å²) in [5.41, 5.74) is 0. The van der Waals surface area contributed by atoms with Crippen LogP contribution in [0.4, 0.5) is 9.52 Å². The Bertz CT molecular complexity index is 603. The van der Waals surface area contributed by atoms with Crippen molar-refractivity contribution in [1.29, 1.82) is 0 Å². The van der Waals surface area contributed by atoms with E-state index in [9.17, 15) is 9.50 Å². The van der Waals surface area contributed by atoms with E-state index in [4.69, 9.17) is 4.74 Å². The van der Waals surface area contributed by atoms with Gasteiger partial charge in [0.1, 0.15) is 12.7 Å². The zero-order chi connectivity index (χ0) is 16.1. The number of nitrogens with zero attached hydrogens (tertiary/aromatic N) is 3. The van der Waals surface area contributed by atoms with E-state index in [0.29, 0.717) is 6.54 Å². The first-order valence-electron chi connectivity index (χ1n) is 7.64. The average molecular weight is 337 g/mol. The van der Waals surface area contributed by atoms with Crippen molar-refractivity contribution in [2.45, 2.75) is 6.10 Å². The Labute approximate surface area is 138 Å². The van der Waals surface area contributed by atoms with Crippen molar-refractivity contribution in [1.82, 2.24) is 9.88 Å². The normalized spacial score (nSPS) is 17.2. The minimum atomic E-state index is -0.638. The van der Waals surface area contributed by atoms with Gasteiger partial charge >= 0.3 is 0 Å². The largest absolute Gasteiger partial charge is 0.488 e. The number of anilines is 1. The first-order chi connectivity index (χ1) is 11.2. The molecule has 2 aromatic rings. The molecule has 124 valence electrons. The number of β-amino-alcohol motifs (C(OH)–C–C–N with tert-alkyl or cyclic N) is 1. The number of aliphatic hydroxyl groups is 1. The van der Waals surface area contributed by atoms with Crippen LogP contribution in [0.2, 0.25) is 0 Å². The molecule has 0 saturated carbocycles. The molecule has 1 aliphatic heterocycles. The maximum Gasteiger partial charge on any atom is 0.185 e. The zero-order valence-corrected chi connectivity index (χ0v) is 13.6. The molecule has 1 saturated heterocycles. The van der Waals surface area contributed by atoms with Gasteiger partial charge in [-0.2, -0.15) is 0 Å². The van der Waals surface area contributed by atoms with Crippen LogP contribution in [0.3, 0.4) is 0 Å². The standard InChI is InChI=1S/C16H20FN3O2S/c17-14-3-1-2-4-15(14)22-12-13(21)11-19-6-8-20(9-7-19)16-18-5-10-23-16/h1-5,10,13,21H,6-9,11-12H2/t13-/m1/s1. The second kappa shape index (κ2) is 7.72. The molecule has 2 heterocycles. The minimum Gasteiger partial charge on any atom is -0.488 e. The highest BCUT2D eigenvalue weighted by molar-refractivity contribution is 7.13. The molecule has 0 spiro atoms. The number of aromatic nitrogens is 1. The summed E-state index contributed by atoms with van der Waals surface area (Å²) in [6.45, 7) is 4.16. The van der Waals surface area contributed by atoms with Gasteiger partial charge in [-0.25, -0.2) is 9.37 Å². The molecule has 0 unspecified atom stereocenters. The van der Waals surface area contributed by atoms with Gasteiger partial charge in [0.25, 0.3) is 0 Å². The van der Waals surface area contributed by atoms with Crippen LogP contribution in [0, 0.1) is 5.82 Å². The number of halogens is 1. The number of benzene rings is 1. The zero-order valence-electron chi connectivity index (χ0n) is 12.8. The molecule has 1 N–H and O–H groups in total. The summed E-state index contributed by atoms with van der Waals surface area (Å²) in [4.78, 5) is 8.77. The number of piperazine rings is 1. The number of ether oxygens (including phenoxy) is 1. The van der Waals surface area contributed by atoms with Crippen molar-refractivity contribution in [3.8, 4) is 5.75 Å². The highest BCUT2D eigenvalue weighted by Crippen LogP contribution is 2.19. The fourth-order valence-electron chi connectivity index (χ4n) is 2.59. The fourth-order valence-corrected chi connectivity index (χ4v) is 3.29. The molecule has 1 aromatic carbocycles. The van der Waals surface area contributed by atoms with E-state index in [2.05, 4.69) is 14.8 Å². The minimum absolute atomic E-state index is 0.0909. The van der Waals surface area contributed by atoms with Crippen molar-refractivity contribution in [2.24, 2.45) is 0 Å². The summed E-state index contributed by atoms with van der Waals surface area (Å²) >= 11 is 1.64. The fraction of sp³-hybridized carbons (Fsp3) is 0.438. The predicted octanol–water partition coefficient (Wildman–Crippen LogP) is 1.84. The monoisotopic (exact) mass is 337 g/mol. The first-order valence-corrected chi connectivity index (χ1v) is 8.52. The Morgan fingerprint density at radius 2 is 2.04 bits per heavy atom. The topological polar surface area (TPSA) is 48.8 Å². The lowest BCUT2D eigenvalue weighted by Gasteiger charge is -2.35. The van der Waals surface area contributed by atoms with Crippen LogP contribution < -0.4 is 9.64 Å². The van der Waals surface area contributed by atoms with Crippen LogP contribution in [0.25, 0.3) is 0 Å². The number of thiazole rings is 1. The van der Waals surface area contributed by atoms with Gasteiger partial charge in [-0.15, -0.1) is 11.3 Å². The van der Waals surface area contributed by atoms with Gasteiger partial charge in [0, 0.05) is 44.3 Å². The summed E-state index contributed by atoms with van der Waals surface area (Å²) in [6.07, 6.45) is 1.18. The lowest BCUT2D eigenvalue weighted by atomic mass is 10.2. The maximum atomic E-state index is 13.4. The molecular formula is C16H20FN3O2S. The third kappa shape index (κ3) is 4.40. The van der Waals surface area contributed by atoms with Crippen molar-refractivity contribution < 1.29 is 14.2 Å². The molecular weight excluding hydrogens is 317 g/mol. The van der Waals surface area contributed by atoms with Crippen molar-refractivity contribution >= 4 is 16.5 Å². The van der Waals surface area contributed by atoms with Crippen molar-refractivity contribution in [3.63, 3.8) is 0 Å². The molecule has 0 bridgehead atoms.